The van der Waals surface area contributed by atoms with Crippen LogP contribution in [0, 0.1) is 22.7 Å². The van der Waals surface area contributed by atoms with Gasteiger partial charge in [0.15, 0.2) is 0 Å². The number of rotatable bonds is 4. The predicted molar refractivity (Wildman–Crippen MR) is 63.6 cm³/mol. The summed E-state index contributed by atoms with van der Waals surface area (Å²) in [6.07, 6.45) is 3.78. The van der Waals surface area contributed by atoms with Gasteiger partial charge in [-0.2, -0.15) is 0 Å². The highest BCUT2D eigenvalue weighted by molar-refractivity contribution is 5.96. The van der Waals surface area contributed by atoms with Crippen LogP contribution in [-0.2, 0) is 19.1 Å². The van der Waals surface area contributed by atoms with Crippen molar-refractivity contribution in [2.75, 3.05) is 13.2 Å². The van der Waals surface area contributed by atoms with Gasteiger partial charge in [0.1, 0.15) is 0 Å². The Labute approximate surface area is 107 Å². The van der Waals surface area contributed by atoms with Gasteiger partial charge in [-0.05, 0) is 51.4 Å². The van der Waals surface area contributed by atoms with E-state index in [1.165, 1.54) is 0 Å². The minimum Gasteiger partial charge on any atom is -0.466 e. The molecule has 2 bridgehead atoms. The molecule has 0 aliphatic heterocycles. The van der Waals surface area contributed by atoms with Crippen molar-refractivity contribution in [1.82, 2.24) is 0 Å². The molecule has 3 aliphatic rings. The molecule has 18 heavy (non-hydrogen) atoms. The Morgan fingerprint density at radius 3 is 1.83 bits per heavy atom. The van der Waals surface area contributed by atoms with Gasteiger partial charge in [-0.1, -0.05) is 0 Å². The standard InChI is InChI=1S/C14H20O4/c1-3-17-11(15)13-8-14(13,12(16)18-4-2)10-6-5-9(13)7-10/h9-10H,3-8H2,1-2H3/t9-,10+,13+,14-. The molecule has 4 heteroatoms. The Morgan fingerprint density at radius 1 is 1.00 bits per heavy atom. The van der Waals surface area contributed by atoms with Crippen molar-refractivity contribution in [2.45, 2.75) is 39.5 Å². The van der Waals surface area contributed by atoms with E-state index in [2.05, 4.69) is 0 Å². The van der Waals surface area contributed by atoms with Crippen LogP contribution in [0.3, 0.4) is 0 Å². The van der Waals surface area contributed by atoms with Gasteiger partial charge in [-0.25, -0.2) is 0 Å². The summed E-state index contributed by atoms with van der Waals surface area (Å²) in [6.45, 7) is 4.40. The average molecular weight is 252 g/mol. The second-order valence-corrected chi connectivity index (χ2v) is 5.77. The molecular formula is C14H20O4. The molecule has 3 aliphatic carbocycles. The summed E-state index contributed by atoms with van der Waals surface area (Å²) in [5.74, 6) is 0.354. The SMILES string of the molecule is CCOC(=O)[C@]12C[C@@]1(C(=O)OCC)[C@@H]1CC[C@H]2C1. The molecule has 3 saturated carbocycles. The van der Waals surface area contributed by atoms with Crippen molar-refractivity contribution in [1.29, 1.82) is 0 Å². The molecule has 100 valence electrons. The Balaban J connectivity index is 1.91. The van der Waals surface area contributed by atoms with Crippen LogP contribution < -0.4 is 0 Å². The number of hydrogen-bond acceptors (Lipinski definition) is 4. The maximum atomic E-state index is 12.3. The van der Waals surface area contributed by atoms with Crippen LogP contribution in [0.1, 0.15) is 39.5 Å². The smallest absolute Gasteiger partial charge is 0.313 e. The zero-order valence-corrected chi connectivity index (χ0v) is 11.0. The highest BCUT2D eigenvalue weighted by atomic mass is 16.5. The fourth-order valence-corrected chi connectivity index (χ4v) is 4.65. The summed E-state index contributed by atoms with van der Waals surface area (Å²) in [7, 11) is 0. The van der Waals surface area contributed by atoms with Crippen LogP contribution in [0.4, 0.5) is 0 Å². The normalized spacial score (nSPS) is 43.4. The minimum absolute atomic E-state index is 0.162. The first-order chi connectivity index (χ1) is 8.63. The average Bonchev–Trinajstić information content (AvgIpc) is 2.77. The van der Waals surface area contributed by atoms with E-state index in [1.54, 1.807) is 0 Å². The van der Waals surface area contributed by atoms with Crippen LogP contribution in [0.2, 0.25) is 0 Å². The van der Waals surface area contributed by atoms with Gasteiger partial charge >= 0.3 is 11.9 Å². The fourth-order valence-electron chi connectivity index (χ4n) is 4.65. The lowest BCUT2D eigenvalue weighted by molar-refractivity contribution is -0.162. The minimum atomic E-state index is -0.530. The Kier molecular flexibility index (Phi) is 2.48. The van der Waals surface area contributed by atoms with Crippen LogP contribution in [0.25, 0.3) is 0 Å². The molecule has 0 N–H and O–H groups in total. The monoisotopic (exact) mass is 252 g/mol. The summed E-state index contributed by atoms with van der Waals surface area (Å²) in [6, 6.07) is 0. The maximum absolute atomic E-state index is 12.3. The van der Waals surface area contributed by atoms with Gasteiger partial charge in [-0.15, -0.1) is 0 Å². The quantitative estimate of drug-likeness (QED) is 0.717. The molecule has 0 amide bonds. The van der Waals surface area contributed by atoms with Gasteiger partial charge in [0.25, 0.3) is 0 Å². The predicted octanol–water partition coefficient (Wildman–Crippen LogP) is 1.92. The Morgan fingerprint density at radius 2 is 1.44 bits per heavy atom. The number of carbonyl (C=O) groups excluding carboxylic acids is 2. The molecule has 0 heterocycles. The lowest BCUT2D eigenvalue weighted by Gasteiger charge is -2.26. The maximum Gasteiger partial charge on any atom is 0.313 e. The molecule has 0 aromatic heterocycles. The van der Waals surface area contributed by atoms with Crippen molar-refractivity contribution in [3.05, 3.63) is 0 Å². The third kappa shape index (κ3) is 1.12. The molecule has 0 unspecified atom stereocenters. The van der Waals surface area contributed by atoms with Crippen LogP contribution in [0.5, 0.6) is 0 Å². The summed E-state index contributed by atoms with van der Waals surface area (Å²) in [5, 5.41) is 0. The first-order valence-corrected chi connectivity index (χ1v) is 6.98. The highest BCUT2D eigenvalue weighted by Gasteiger charge is 2.87. The van der Waals surface area contributed by atoms with E-state index >= 15 is 0 Å². The third-order valence-corrected chi connectivity index (χ3v) is 5.33. The van der Waals surface area contributed by atoms with E-state index < -0.39 is 10.8 Å². The molecule has 3 fully saturated rings. The first-order valence-electron chi connectivity index (χ1n) is 6.98. The number of ether oxygens (including phenoxy) is 2. The zero-order chi connectivity index (χ0) is 13.0. The summed E-state index contributed by atoms with van der Waals surface area (Å²) < 4.78 is 10.5. The second kappa shape index (κ2) is 3.72. The number of esters is 2. The molecule has 0 aromatic carbocycles. The van der Waals surface area contributed by atoms with Gasteiger partial charge in [0.05, 0.1) is 24.0 Å². The van der Waals surface area contributed by atoms with E-state index in [0.29, 0.717) is 31.5 Å². The summed E-state index contributed by atoms with van der Waals surface area (Å²) in [5.41, 5.74) is -1.06. The lowest BCUT2D eigenvalue weighted by atomic mass is 9.79. The van der Waals surface area contributed by atoms with E-state index in [0.717, 1.165) is 19.3 Å². The van der Waals surface area contributed by atoms with Gasteiger partial charge in [0, 0.05) is 0 Å². The molecule has 3 rings (SSSR count). The molecule has 4 atom stereocenters. The van der Waals surface area contributed by atoms with E-state index in [1.807, 2.05) is 13.8 Å². The first kappa shape index (κ1) is 12.0. The fraction of sp³-hybridized carbons (Fsp3) is 0.857. The molecule has 0 spiro atoms. The van der Waals surface area contributed by atoms with Gasteiger partial charge < -0.3 is 9.47 Å². The van der Waals surface area contributed by atoms with Crippen LogP contribution >= 0.6 is 0 Å². The van der Waals surface area contributed by atoms with Crippen molar-refractivity contribution < 1.29 is 19.1 Å². The third-order valence-electron chi connectivity index (χ3n) is 5.33. The Bertz CT molecular complexity index is 369. The second-order valence-electron chi connectivity index (χ2n) is 5.77. The van der Waals surface area contributed by atoms with E-state index in [-0.39, 0.29) is 11.9 Å². The van der Waals surface area contributed by atoms with E-state index in [9.17, 15) is 9.59 Å². The van der Waals surface area contributed by atoms with Crippen molar-refractivity contribution >= 4 is 11.9 Å². The molecule has 0 aromatic rings. The Hall–Kier alpha value is -1.06. The van der Waals surface area contributed by atoms with Gasteiger partial charge in [-0.3, -0.25) is 9.59 Å². The number of fused-ring (bicyclic) bond motifs is 5. The topological polar surface area (TPSA) is 52.6 Å². The number of carbonyl (C=O) groups is 2. The highest BCUT2D eigenvalue weighted by Crippen LogP contribution is 2.83. The summed E-state index contributed by atoms with van der Waals surface area (Å²) >= 11 is 0. The van der Waals surface area contributed by atoms with Crippen LogP contribution in [-0.4, -0.2) is 25.2 Å². The molecule has 0 saturated heterocycles. The van der Waals surface area contributed by atoms with E-state index in [4.69, 9.17) is 9.47 Å². The lowest BCUT2D eigenvalue weighted by Crippen LogP contribution is -2.36. The largest absolute Gasteiger partial charge is 0.466 e. The van der Waals surface area contributed by atoms with Gasteiger partial charge in [0.2, 0.25) is 0 Å². The molecule has 4 nitrogen and oxygen atoms in total. The van der Waals surface area contributed by atoms with Crippen molar-refractivity contribution in [3.8, 4) is 0 Å². The molecular weight excluding hydrogens is 232 g/mol. The number of hydrogen-bond donors (Lipinski definition) is 0. The van der Waals surface area contributed by atoms with Crippen LogP contribution in [0.15, 0.2) is 0 Å². The summed E-state index contributed by atoms with van der Waals surface area (Å²) in [4.78, 5) is 24.6. The molecule has 0 radical (unpaired) electrons. The van der Waals surface area contributed by atoms with Crippen molar-refractivity contribution in [3.63, 3.8) is 0 Å². The zero-order valence-electron chi connectivity index (χ0n) is 11.0. The van der Waals surface area contributed by atoms with Crippen molar-refractivity contribution in [2.24, 2.45) is 22.7 Å².